The molecule has 0 saturated heterocycles. The van der Waals surface area contributed by atoms with Crippen LogP contribution >= 0.6 is 11.3 Å². The summed E-state index contributed by atoms with van der Waals surface area (Å²) >= 11 is 1.69. The number of hydrogen-bond donors (Lipinski definition) is 0. The van der Waals surface area contributed by atoms with E-state index in [9.17, 15) is 4.79 Å². The van der Waals surface area contributed by atoms with Gasteiger partial charge in [-0.25, -0.2) is 14.6 Å². The van der Waals surface area contributed by atoms with E-state index >= 15 is 0 Å². The Morgan fingerprint density at radius 3 is 2.80 bits per heavy atom. The average Bonchev–Trinajstić information content (AvgIpc) is 3.17. The predicted octanol–water partition coefficient (Wildman–Crippen LogP) is 3.54. The van der Waals surface area contributed by atoms with E-state index in [1.54, 1.807) is 33.3 Å². The highest BCUT2D eigenvalue weighted by Crippen LogP contribution is 2.31. The summed E-state index contributed by atoms with van der Waals surface area (Å²) in [5, 5.41) is 6.34. The lowest BCUT2D eigenvalue weighted by Crippen LogP contribution is -2.32. The predicted molar refractivity (Wildman–Crippen MR) is 99.7 cm³/mol. The lowest BCUT2D eigenvalue weighted by molar-refractivity contribution is -0.132. The molecule has 3 heterocycles. The van der Waals surface area contributed by atoms with Crippen LogP contribution in [0.15, 0.2) is 24.5 Å². The first-order valence-corrected chi connectivity index (χ1v) is 9.19. The lowest BCUT2D eigenvalue weighted by Gasteiger charge is -2.24. The van der Waals surface area contributed by atoms with Crippen LogP contribution in [0.1, 0.15) is 48.3 Å². The molecule has 0 radical (unpaired) electrons. The van der Waals surface area contributed by atoms with Crippen LogP contribution in [0, 0.1) is 6.92 Å². The first-order chi connectivity index (χ1) is 11.9. The van der Waals surface area contributed by atoms with E-state index in [-0.39, 0.29) is 18.5 Å². The molecule has 0 N–H and O–H groups in total. The molecule has 3 aromatic rings. The van der Waals surface area contributed by atoms with Crippen LogP contribution in [-0.2, 0) is 11.3 Å². The molecule has 0 aliphatic rings. The van der Waals surface area contributed by atoms with Crippen molar-refractivity contribution in [3.05, 3.63) is 40.1 Å². The molecule has 0 aliphatic heterocycles. The van der Waals surface area contributed by atoms with Gasteiger partial charge in [0.2, 0.25) is 5.91 Å². The Hall–Kier alpha value is -2.28. The molecule has 3 rings (SSSR count). The SMILES string of the molecule is Cc1nc(C(C)C)sc1C(C)N(C)C(=O)Cn1ncc2cccnc21. The van der Waals surface area contributed by atoms with Gasteiger partial charge in [-0.15, -0.1) is 11.3 Å². The summed E-state index contributed by atoms with van der Waals surface area (Å²) in [6, 6.07) is 3.78. The topological polar surface area (TPSA) is 63.9 Å². The van der Waals surface area contributed by atoms with Crippen LogP contribution in [0.3, 0.4) is 0 Å². The zero-order chi connectivity index (χ0) is 18.1. The van der Waals surface area contributed by atoms with Gasteiger partial charge in [-0.1, -0.05) is 13.8 Å². The Kier molecular flexibility index (Phi) is 4.85. The highest BCUT2D eigenvalue weighted by atomic mass is 32.1. The van der Waals surface area contributed by atoms with Crippen molar-refractivity contribution in [2.75, 3.05) is 7.05 Å². The second-order valence-corrected chi connectivity index (χ2v) is 7.62. The molecule has 0 bridgehead atoms. The third-order valence-corrected chi connectivity index (χ3v) is 6.01. The maximum atomic E-state index is 12.7. The minimum atomic E-state index is -0.0210. The summed E-state index contributed by atoms with van der Waals surface area (Å²) in [5.41, 5.74) is 1.74. The molecule has 7 heteroatoms. The van der Waals surface area contributed by atoms with Gasteiger partial charge in [0.05, 0.1) is 22.9 Å². The van der Waals surface area contributed by atoms with Crippen LogP contribution in [0.25, 0.3) is 11.0 Å². The van der Waals surface area contributed by atoms with E-state index in [1.165, 1.54) is 0 Å². The van der Waals surface area contributed by atoms with E-state index in [4.69, 9.17) is 0 Å². The summed E-state index contributed by atoms with van der Waals surface area (Å²) in [5.74, 6) is 0.397. The highest BCUT2D eigenvalue weighted by Gasteiger charge is 2.23. The van der Waals surface area contributed by atoms with Crippen molar-refractivity contribution in [3.63, 3.8) is 0 Å². The number of carbonyl (C=O) groups is 1. The monoisotopic (exact) mass is 357 g/mol. The number of pyridine rings is 1. The fraction of sp³-hybridized carbons (Fsp3) is 0.444. The highest BCUT2D eigenvalue weighted by molar-refractivity contribution is 7.11. The standard InChI is InChI=1S/C18H23N5OS/c1-11(2)18-21-12(3)16(25-18)13(4)22(5)15(24)10-23-17-14(9-20-23)7-6-8-19-17/h6-9,11,13H,10H2,1-5H3. The van der Waals surface area contributed by atoms with E-state index in [1.807, 2.05) is 33.0 Å². The van der Waals surface area contributed by atoms with Gasteiger partial charge < -0.3 is 4.90 Å². The first-order valence-electron chi connectivity index (χ1n) is 8.38. The Balaban J connectivity index is 1.78. The number of likely N-dealkylation sites (N-methyl/N-ethyl adjacent to an activating group) is 1. The van der Waals surface area contributed by atoms with E-state index in [2.05, 4.69) is 28.9 Å². The Labute approximate surface area is 151 Å². The molecule has 25 heavy (non-hydrogen) atoms. The Morgan fingerprint density at radius 1 is 1.36 bits per heavy atom. The number of aryl methyl sites for hydroxylation is 1. The molecule has 132 valence electrons. The lowest BCUT2D eigenvalue weighted by atomic mass is 10.2. The Bertz CT molecular complexity index is 898. The summed E-state index contributed by atoms with van der Waals surface area (Å²) in [7, 11) is 1.83. The number of hydrogen-bond acceptors (Lipinski definition) is 5. The third kappa shape index (κ3) is 3.42. The quantitative estimate of drug-likeness (QED) is 0.701. The molecule has 1 atom stereocenters. The van der Waals surface area contributed by atoms with E-state index < -0.39 is 0 Å². The number of aromatic nitrogens is 4. The molecule has 1 unspecified atom stereocenters. The van der Waals surface area contributed by atoms with Gasteiger partial charge in [0, 0.05) is 29.4 Å². The molecule has 0 fully saturated rings. The maximum Gasteiger partial charge on any atom is 0.244 e. The number of fused-ring (bicyclic) bond motifs is 1. The van der Waals surface area contributed by atoms with Gasteiger partial charge in [0.1, 0.15) is 6.54 Å². The number of nitrogens with zero attached hydrogens (tertiary/aromatic N) is 5. The maximum absolute atomic E-state index is 12.7. The number of amides is 1. The molecular weight excluding hydrogens is 334 g/mol. The fourth-order valence-corrected chi connectivity index (χ4v) is 3.89. The molecule has 0 aromatic carbocycles. The molecule has 3 aromatic heterocycles. The summed E-state index contributed by atoms with van der Waals surface area (Å²) in [4.78, 5) is 24.6. The number of rotatable bonds is 5. The van der Waals surface area contributed by atoms with Gasteiger partial charge in [0.15, 0.2) is 5.65 Å². The average molecular weight is 357 g/mol. The van der Waals surface area contributed by atoms with Gasteiger partial charge in [-0.3, -0.25) is 4.79 Å². The van der Waals surface area contributed by atoms with Crippen LogP contribution in [0.2, 0.25) is 0 Å². The van der Waals surface area contributed by atoms with Crippen molar-refractivity contribution in [1.82, 2.24) is 24.6 Å². The smallest absolute Gasteiger partial charge is 0.244 e. The summed E-state index contributed by atoms with van der Waals surface area (Å²) in [6.07, 6.45) is 3.45. The zero-order valence-corrected chi connectivity index (χ0v) is 16.0. The van der Waals surface area contributed by atoms with Crippen LogP contribution in [0.5, 0.6) is 0 Å². The van der Waals surface area contributed by atoms with E-state index in [0.29, 0.717) is 5.92 Å². The molecule has 0 spiro atoms. The second kappa shape index (κ2) is 6.92. The minimum Gasteiger partial charge on any atom is -0.337 e. The molecular formula is C18H23N5OS. The molecule has 1 amide bonds. The summed E-state index contributed by atoms with van der Waals surface area (Å²) in [6.45, 7) is 8.50. The van der Waals surface area contributed by atoms with Crippen molar-refractivity contribution < 1.29 is 4.79 Å². The number of carbonyl (C=O) groups excluding carboxylic acids is 1. The normalized spacial score (nSPS) is 12.7. The van der Waals surface area contributed by atoms with Crippen molar-refractivity contribution >= 4 is 28.3 Å². The zero-order valence-electron chi connectivity index (χ0n) is 15.2. The van der Waals surface area contributed by atoms with Gasteiger partial charge >= 0.3 is 0 Å². The molecule has 0 saturated carbocycles. The minimum absolute atomic E-state index is 0.00190. The van der Waals surface area contributed by atoms with E-state index in [0.717, 1.165) is 26.6 Å². The molecule has 6 nitrogen and oxygen atoms in total. The number of thiazole rings is 1. The van der Waals surface area contributed by atoms with Crippen molar-refractivity contribution in [2.45, 2.75) is 46.2 Å². The first kappa shape index (κ1) is 17.5. The molecule has 0 aliphatic carbocycles. The van der Waals surface area contributed by atoms with Gasteiger partial charge in [-0.05, 0) is 26.0 Å². The fourth-order valence-electron chi connectivity index (χ4n) is 2.72. The van der Waals surface area contributed by atoms with Gasteiger partial charge in [-0.2, -0.15) is 5.10 Å². The summed E-state index contributed by atoms with van der Waals surface area (Å²) < 4.78 is 1.65. The van der Waals surface area contributed by atoms with Crippen LogP contribution in [0.4, 0.5) is 0 Å². The largest absolute Gasteiger partial charge is 0.337 e. The Morgan fingerprint density at radius 2 is 2.12 bits per heavy atom. The van der Waals surface area contributed by atoms with Crippen molar-refractivity contribution in [2.24, 2.45) is 0 Å². The van der Waals surface area contributed by atoms with Crippen molar-refractivity contribution in [3.8, 4) is 0 Å². The second-order valence-electron chi connectivity index (χ2n) is 6.56. The third-order valence-electron chi connectivity index (χ3n) is 4.38. The van der Waals surface area contributed by atoms with Crippen LogP contribution < -0.4 is 0 Å². The van der Waals surface area contributed by atoms with Gasteiger partial charge in [0.25, 0.3) is 0 Å². The van der Waals surface area contributed by atoms with Crippen LogP contribution in [-0.4, -0.2) is 37.6 Å². The van der Waals surface area contributed by atoms with Crippen molar-refractivity contribution in [1.29, 1.82) is 0 Å².